The summed E-state index contributed by atoms with van der Waals surface area (Å²) in [5.41, 5.74) is 7.81. The van der Waals surface area contributed by atoms with Crippen molar-refractivity contribution in [1.29, 1.82) is 0 Å². The summed E-state index contributed by atoms with van der Waals surface area (Å²) in [5, 5.41) is 6.14. The predicted octanol–water partition coefficient (Wildman–Crippen LogP) is 4.21. The Labute approximate surface area is 279 Å². The second kappa shape index (κ2) is 17.4. The molecule has 3 amide bonds. The summed E-state index contributed by atoms with van der Waals surface area (Å²) in [4.78, 5) is 59.1. The van der Waals surface area contributed by atoms with Crippen molar-refractivity contribution in [3.63, 3.8) is 0 Å². The van der Waals surface area contributed by atoms with Gasteiger partial charge in [0.2, 0.25) is 11.8 Å². The first-order valence-electron chi connectivity index (χ1n) is 15.8. The number of amides is 3. The molecule has 1 saturated heterocycles. The molecule has 1 aliphatic heterocycles. The van der Waals surface area contributed by atoms with Crippen molar-refractivity contribution < 1.29 is 28.7 Å². The number of amidine groups is 1. The number of carbonyl (C=O) groups is 4. The van der Waals surface area contributed by atoms with Crippen LogP contribution in [0.2, 0.25) is 0 Å². The summed E-state index contributed by atoms with van der Waals surface area (Å²) in [6, 6.07) is 21.3. The van der Waals surface area contributed by atoms with E-state index >= 15 is 0 Å². The molecule has 2 heterocycles. The Kier molecular flexibility index (Phi) is 13.1. The molecular weight excluding hydrogens is 618 g/mol. The topological polar surface area (TPSA) is 152 Å². The highest BCUT2D eigenvalue weighted by molar-refractivity contribution is 7.14. The number of carbonyl (C=O) groups excluding carboxylic acids is 4. The summed E-state index contributed by atoms with van der Waals surface area (Å²) in [7, 11) is 0. The Hall–Kier alpha value is -4.55. The van der Waals surface area contributed by atoms with E-state index in [9.17, 15) is 19.2 Å². The number of nitrogens with zero attached hydrogens (tertiary/aromatic N) is 2. The third-order valence-corrected chi connectivity index (χ3v) is 8.74. The molecule has 11 nitrogen and oxygen atoms in total. The smallest absolute Gasteiger partial charge is 0.435 e. The molecule has 4 rings (SSSR count). The quantitative estimate of drug-likeness (QED) is 0.132. The van der Waals surface area contributed by atoms with Gasteiger partial charge in [-0.3, -0.25) is 19.7 Å². The molecule has 47 heavy (non-hydrogen) atoms. The maximum Gasteiger partial charge on any atom is 0.435 e. The summed E-state index contributed by atoms with van der Waals surface area (Å²) in [6.45, 7) is 6.53. The van der Waals surface area contributed by atoms with Crippen LogP contribution in [0.4, 0.5) is 4.79 Å². The fourth-order valence-electron chi connectivity index (χ4n) is 5.46. The SMILES string of the molecule is CCOC(=O)CN[C@@H](C(=O)N1CCC[C@H]1C(=O)NCc1ccc(C(N)=NC(=O)OCC(C)C)s1)C(c1ccccc1)c1ccccc1. The van der Waals surface area contributed by atoms with Gasteiger partial charge in [-0.15, -0.1) is 11.3 Å². The van der Waals surface area contributed by atoms with Crippen LogP contribution in [-0.4, -0.2) is 73.0 Å². The minimum absolute atomic E-state index is 0.0432. The zero-order valence-corrected chi connectivity index (χ0v) is 27.8. The minimum atomic E-state index is -0.841. The van der Waals surface area contributed by atoms with Crippen LogP contribution in [0, 0.1) is 5.92 Å². The van der Waals surface area contributed by atoms with Crippen LogP contribution in [0.15, 0.2) is 77.8 Å². The summed E-state index contributed by atoms with van der Waals surface area (Å²) in [5.74, 6) is -1.21. The van der Waals surface area contributed by atoms with E-state index in [1.807, 2.05) is 74.5 Å². The van der Waals surface area contributed by atoms with Crippen LogP contribution in [0.5, 0.6) is 0 Å². The Balaban J connectivity index is 1.49. The summed E-state index contributed by atoms with van der Waals surface area (Å²) in [6.07, 6.45) is 0.429. The van der Waals surface area contributed by atoms with E-state index in [0.717, 1.165) is 16.0 Å². The van der Waals surface area contributed by atoms with Gasteiger partial charge < -0.3 is 25.4 Å². The molecule has 0 saturated carbocycles. The van der Waals surface area contributed by atoms with Gasteiger partial charge in [-0.2, -0.15) is 4.99 Å². The number of hydrogen-bond donors (Lipinski definition) is 3. The number of aliphatic imine (C=N–C) groups is 1. The van der Waals surface area contributed by atoms with Gasteiger partial charge in [0, 0.05) is 17.3 Å². The zero-order valence-electron chi connectivity index (χ0n) is 27.0. The highest BCUT2D eigenvalue weighted by Gasteiger charge is 2.40. The number of likely N-dealkylation sites (tertiary alicyclic amines) is 1. The van der Waals surface area contributed by atoms with Crippen molar-refractivity contribution in [1.82, 2.24) is 15.5 Å². The Morgan fingerprint density at radius 3 is 2.26 bits per heavy atom. The van der Waals surface area contributed by atoms with Gasteiger partial charge in [0.1, 0.15) is 11.9 Å². The summed E-state index contributed by atoms with van der Waals surface area (Å²) < 4.78 is 10.2. The molecule has 4 N–H and O–H groups in total. The number of benzene rings is 2. The molecule has 0 radical (unpaired) electrons. The van der Waals surface area contributed by atoms with Gasteiger partial charge in [0.05, 0.1) is 37.2 Å². The fourth-order valence-corrected chi connectivity index (χ4v) is 6.31. The number of nitrogens with one attached hydrogen (secondary N) is 2. The average molecular weight is 662 g/mol. The third-order valence-electron chi connectivity index (χ3n) is 7.63. The number of rotatable bonds is 14. The van der Waals surface area contributed by atoms with Gasteiger partial charge in [0.15, 0.2) is 0 Å². The second-order valence-corrected chi connectivity index (χ2v) is 12.8. The Morgan fingerprint density at radius 2 is 1.64 bits per heavy atom. The lowest BCUT2D eigenvalue weighted by Gasteiger charge is -2.33. The molecule has 1 aromatic heterocycles. The molecule has 250 valence electrons. The summed E-state index contributed by atoms with van der Waals surface area (Å²) >= 11 is 1.30. The first-order valence-corrected chi connectivity index (χ1v) is 16.7. The highest BCUT2D eigenvalue weighted by atomic mass is 32.1. The van der Waals surface area contributed by atoms with E-state index in [4.69, 9.17) is 15.2 Å². The van der Waals surface area contributed by atoms with E-state index in [1.165, 1.54) is 11.3 Å². The number of esters is 1. The van der Waals surface area contributed by atoms with Gasteiger partial charge in [0.25, 0.3) is 0 Å². The lowest BCUT2D eigenvalue weighted by atomic mass is 9.84. The lowest BCUT2D eigenvalue weighted by molar-refractivity contribution is -0.143. The highest BCUT2D eigenvalue weighted by Crippen LogP contribution is 2.31. The molecule has 1 fully saturated rings. The molecule has 2 aromatic carbocycles. The Morgan fingerprint density at radius 1 is 0.979 bits per heavy atom. The van der Waals surface area contributed by atoms with Crippen LogP contribution in [0.25, 0.3) is 0 Å². The largest absolute Gasteiger partial charge is 0.465 e. The maximum atomic E-state index is 14.4. The average Bonchev–Trinajstić information content (AvgIpc) is 3.76. The van der Waals surface area contributed by atoms with Crippen molar-refractivity contribution in [2.75, 3.05) is 26.3 Å². The fraction of sp³-hybridized carbons (Fsp3) is 0.400. The van der Waals surface area contributed by atoms with E-state index < -0.39 is 30.1 Å². The molecule has 1 aliphatic rings. The predicted molar refractivity (Wildman–Crippen MR) is 181 cm³/mol. The normalized spacial score (nSPS) is 15.5. The molecule has 0 bridgehead atoms. The van der Waals surface area contributed by atoms with Crippen molar-refractivity contribution in [2.24, 2.45) is 16.6 Å². The van der Waals surface area contributed by atoms with Crippen LogP contribution in [-0.2, 0) is 30.4 Å². The van der Waals surface area contributed by atoms with Crippen molar-refractivity contribution in [3.05, 3.63) is 93.7 Å². The van der Waals surface area contributed by atoms with Crippen molar-refractivity contribution >= 4 is 41.0 Å². The maximum absolute atomic E-state index is 14.4. The van der Waals surface area contributed by atoms with E-state index in [0.29, 0.717) is 24.3 Å². The van der Waals surface area contributed by atoms with Gasteiger partial charge in [-0.1, -0.05) is 74.5 Å². The van der Waals surface area contributed by atoms with Crippen LogP contribution in [0.1, 0.15) is 60.4 Å². The molecule has 2 atom stereocenters. The third kappa shape index (κ3) is 9.97. The number of nitrogens with two attached hydrogens (primary N) is 1. The first-order chi connectivity index (χ1) is 22.7. The van der Waals surface area contributed by atoms with Gasteiger partial charge in [-0.25, -0.2) is 4.79 Å². The molecule has 0 aliphatic carbocycles. The lowest BCUT2D eigenvalue weighted by Crippen LogP contribution is -2.55. The van der Waals surface area contributed by atoms with Crippen LogP contribution >= 0.6 is 11.3 Å². The molecule has 12 heteroatoms. The number of ether oxygens (including phenoxy) is 2. The molecule has 0 spiro atoms. The molecular formula is C35H43N5O6S. The number of hydrogen-bond acceptors (Lipinski definition) is 8. The van der Waals surface area contributed by atoms with E-state index in [1.54, 1.807) is 24.0 Å². The van der Waals surface area contributed by atoms with E-state index in [-0.39, 0.29) is 49.9 Å². The minimum Gasteiger partial charge on any atom is -0.465 e. The number of thiophene rings is 1. The van der Waals surface area contributed by atoms with Crippen molar-refractivity contribution in [2.45, 2.75) is 58.2 Å². The first kappa shape index (κ1) is 35.3. The standard InChI is InChI=1S/C35H43N5O6S/c1-4-45-29(41)21-37-31(30(24-12-7-5-8-13-24)25-14-9-6-10-15-25)34(43)40-19-11-16-27(40)33(42)38-20-26-17-18-28(47-26)32(36)39-35(44)46-22-23(2)3/h5-10,12-15,17-18,23,27,30-31,37H,4,11,16,19-22H2,1-3H3,(H,38,42)(H2,36,39,44)/t27-,31+/m0/s1. The van der Waals surface area contributed by atoms with Gasteiger partial charge >= 0.3 is 12.1 Å². The molecule has 0 unspecified atom stereocenters. The second-order valence-electron chi connectivity index (χ2n) is 11.6. The van der Waals surface area contributed by atoms with Crippen molar-refractivity contribution in [3.8, 4) is 0 Å². The Bertz CT molecular complexity index is 1490. The van der Waals surface area contributed by atoms with Gasteiger partial charge in [-0.05, 0) is 48.9 Å². The monoisotopic (exact) mass is 661 g/mol. The molecule has 3 aromatic rings. The van der Waals surface area contributed by atoms with E-state index in [2.05, 4.69) is 15.6 Å². The van der Waals surface area contributed by atoms with Crippen LogP contribution in [0.3, 0.4) is 0 Å². The van der Waals surface area contributed by atoms with Crippen LogP contribution < -0.4 is 16.4 Å². The zero-order chi connectivity index (χ0) is 33.8.